The van der Waals surface area contributed by atoms with E-state index < -0.39 is 0 Å². The molecule has 0 aliphatic carbocycles. The van der Waals surface area contributed by atoms with Crippen LogP contribution in [0.5, 0.6) is 0 Å². The molecular formula is C24H33N4O2+. The van der Waals surface area contributed by atoms with E-state index in [2.05, 4.69) is 34.1 Å². The molecule has 1 aliphatic rings. The minimum Gasteiger partial charge on any atom is -0.378 e. The number of piperazine rings is 1. The minimum absolute atomic E-state index is 0.0899. The number of nitrogens with zero attached hydrogens (tertiary/aromatic N) is 3. The van der Waals surface area contributed by atoms with Crippen molar-refractivity contribution < 1.29 is 14.5 Å². The third-order valence-electron chi connectivity index (χ3n) is 5.81. The summed E-state index contributed by atoms with van der Waals surface area (Å²) in [5.41, 5.74) is 4.19. The highest BCUT2D eigenvalue weighted by Crippen LogP contribution is 2.16. The average Bonchev–Trinajstić information content (AvgIpc) is 2.74. The van der Waals surface area contributed by atoms with Gasteiger partial charge in [0.25, 0.3) is 5.91 Å². The van der Waals surface area contributed by atoms with E-state index in [1.54, 1.807) is 6.92 Å². The van der Waals surface area contributed by atoms with Crippen LogP contribution in [0.2, 0.25) is 0 Å². The van der Waals surface area contributed by atoms with Crippen LogP contribution in [0.15, 0.2) is 48.5 Å². The van der Waals surface area contributed by atoms with Gasteiger partial charge in [0, 0.05) is 44.6 Å². The van der Waals surface area contributed by atoms with E-state index in [1.807, 2.05) is 50.3 Å². The molecule has 1 fully saturated rings. The quantitative estimate of drug-likeness (QED) is 0.701. The molecular weight excluding hydrogens is 376 g/mol. The zero-order valence-corrected chi connectivity index (χ0v) is 18.5. The Kier molecular flexibility index (Phi) is 7.11. The highest BCUT2D eigenvalue weighted by Gasteiger charge is 2.24. The summed E-state index contributed by atoms with van der Waals surface area (Å²) in [7, 11) is 5.93. The van der Waals surface area contributed by atoms with Gasteiger partial charge in [-0.3, -0.25) is 9.59 Å². The number of hydrogen-bond donors (Lipinski definition) is 1. The summed E-state index contributed by atoms with van der Waals surface area (Å²) in [6.07, 6.45) is 0. The van der Waals surface area contributed by atoms with E-state index in [9.17, 15) is 9.59 Å². The maximum absolute atomic E-state index is 12.7. The lowest BCUT2D eigenvalue weighted by molar-refractivity contribution is -0.892. The summed E-state index contributed by atoms with van der Waals surface area (Å²) >= 11 is 0. The largest absolute Gasteiger partial charge is 0.378 e. The molecule has 1 amide bonds. The first kappa shape index (κ1) is 21.8. The van der Waals surface area contributed by atoms with Crippen molar-refractivity contribution in [3.05, 3.63) is 59.7 Å². The molecule has 2 aromatic rings. The van der Waals surface area contributed by atoms with Gasteiger partial charge in [0.2, 0.25) is 0 Å². The molecule has 1 N–H and O–H groups in total. The van der Waals surface area contributed by atoms with E-state index in [4.69, 9.17) is 0 Å². The first-order valence-electron chi connectivity index (χ1n) is 10.5. The van der Waals surface area contributed by atoms with Crippen LogP contribution in [0.1, 0.15) is 22.8 Å². The Morgan fingerprint density at radius 1 is 0.933 bits per heavy atom. The minimum atomic E-state index is 0.0899. The number of amides is 1. The Bertz CT molecular complexity index is 854. The molecule has 0 atom stereocenters. The smallest absolute Gasteiger partial charge is 0.277 e. The highest BCUT2D eigenvalue weighted by molar-refractivity contribution is 5.94. The standard InChI is InChI=1S/C24H32N4O2/c1-19(29)21-7-11-23(12-8-21)28-15-13-27(14-16-28)18-24(30)26(4)17-20-5-9-22(10-6-20)25(2)3/h5-12H,13-18H2,1-4H3/p+1. The summed E-state index contributed by atoms with van der Waals surface area (Å²) in [6.45, 7) is 6.45. The van der Waals surface area contributed by atoms with Gasteiger partial charge in [0.15, 0.2) is 12.3 Å². The predicted octanol–water partition coefficient (Wildman–Crippen LogP) is 1.32. The van der Waals surface area contributed by atoms with Crippen LogP contribution >= 0.6 is 0 Å². The molecule has 1 heterocycles. The zero-order chi connectivity index (χ0) is 21.7. The summed E-state index contributed by atoms with van der Waals surface area (Å²) in [5.74, 6) is 0.271. The van der Waals surface area contributed by atoms with Crippen molar-refractivity contribution in [1.82, 2.24) is 4.90 Å². The van der Waals surface area contributed by atoms with E-state index in [0.717, 1.165) is 48.7 Å². The number of likely N-dealkylation sites (N-methyl/N-ethyl adjacent to an activating group) is 1. The number of nitrogens with one attached hydrogen (secondary N) is 1. The second kappa shape index (κ2) is 9.76. The maximum Gasteiger partial charge on any atom is 0.277 e. The fourth-order valence-corrected chi connectivity index (χ4v) is 3.78. The number of carbonyl (C=O) groups is 2. The van der Waals surface area contributed by atoms with Gasteiger partial charge >= 0.3 is 0 Å². The third-order valence-corrected chi connectivity index (χ3v) is 5.81. The fourth-order valence-electron chi connectivity index (χ4n) is 3.78. The lowest BCUT2D eigenvalue weighted by atomic mass is 10.1. The Labute approximate surface area is 179 Å². The van der Waals surface area contributed by atoms with E-state index in [-0.39, 0.29) is 11.7 Å². The lowest BCUT2D eigenvalue weighted by Crippen LogP contribution is -3.15. The van der Waals surface area contributed by atoms with Crippen molar-refractivity contribution in [3.8, 4) is 0 Å². The second-order valence-electron chi connectivity index (χ2n) is 8.33. The van der Waals surface area contributed by atoms with Gasteiger partial charge in [-0.15, -0.1) is 0 Å². The topological polar surface area (TPSA) is 48.3 Å². The van der Waals surface area contributed by atoms with Crippen molar-refractivity contribution in [1.29, 1.82) is 0 Å². The second-order valence-corrected chi connectivity index (χ2v) is 8.33. The maximum atomic E-state index is 12.7. The van der Waals surface area contributed by atoms with Crippen LogP contribution in [0.3, 0.4) is 0 Å². The number of rotatable bonds is 7. The third kappa shape index (κ3) is 5.60. The van der Waals surface area contributed by atoms with Gasteiger partial charge < -0.3 is 19.6 Å². The zero-order valence-electron chi connectivity index (χ0n) is 18.5. The van der Waals surface area contributed by atoms with E-state index >= 15 is 0 Å². The molecule has 30 heavy (non-hydrogen) atoms. The van der Waals surface area contributed by atoms with Crippen LogP contribution in [0.25, 0.3) is 0 Å². The van der Waals surface area contributed by atoms with Crippen molar-refractivity contribution in [2.24, 2.45) is 0 Å². The summed E-state index contributed by atoms with van der Waals surface area (Å²) in [6, 6.07) is 16.2. The molecule has 1 saturated heterocycles. The van der Waals surface area contributed by atoms with Crippen molar-refractivity contribution in [2.45, 2.75) is 13.5 Å². The van der Waals surface area contributed by atoms with Gasteiger partial charge in [-0.25, -0.2) is 0 Å². The van der Waals surface area contributed by atoms with Crippen LogP contribution in [-0.2, 0) is 11.3 Å². The van der Waals surface area contributed by atoms with E-state index in [1.165, 1.54) is 4.90 Å². The normalized spacial score (nSPS) is 14.5. The molecule has 2 aromatic carbocycles. The number of quaternary nitrogens is 1. The van der Waals surface area contributed by atoms with Gasteiger partial charge in [-0.05, 0) is 48.9 Å². The molecule has 0 aromatic heterocycles. The van der Waals surface area contributed by atoms with Crippen molar-refractivity contribution in [3.63, 3.8) is 0 Å². The molecule has 0 bridgehead atoms. The fraction of sp³-hybridized carbons (Fsp3) is 0.417. The first-order valence-corrected chi connectivity index (χ1v) is 10.5. The van der Waals surface area contributed by atoms with Crippen molar-refractivity contribution >= 4 is 23.1 Å². The van der Waals surface area contributed by atoms with Gasteiger partial charge in [-0.1, -0.05) is 12.1 Å². The number of anilines is 2. The van der Waals surface area contributed by atoms with Gasteiger partial charge in [0.05, 0.1) is 26.2 Å². The first-order chi connectivity index (χ1) is 14.3. The Hall–Kier alpha value is -2.86. The number of ketones is 1. The molecule has 1 aliphatic heterocycles. The Morgan fingerprint density at radius 2 is 1.53 bits per heavy atom. The molecule has 160 valence electrons. The average molecular weight is 410 g/mol. The number of hydrogen-bond acceptors (Lipinski definition) is 4. The molecule has 0 saturated carbocycles. The van der Waals surface area contributed by atoms with Crippen molar-refractivity contribution in [2.75, 3.05) is 63.7 Å². The molecule has 3 rings (SSSR count). The Balaban J connectivity index is 1.46. The Morgan fingerprint density at radius 3 is 2.07 bits per heavy atom. The predicted molar refractivity (Wildman–Crippen MR) is 121 cm³/mol. The molecule has 0 spiro atoms. The van der Waals surface area contributed by atoms with Crippen LogP contribution in [0, 0.1) is 0 Å². The molecule has 0 unspecified atom stereocenters. The monoisotopic (exact) mass is 409 g/mol. The van der Waals surface area contributed by atoms with Crippen LogP contribution < -0.4 is 14.7 Å². The lowest BCUT2D eigenvalue weighted by Gasteiger charge is -2.34. The van der Waals surface area contributed by atoms with Gasteiger partial charge in [0.1, 0.15) is 0 Å². The molecule has 6 nitrogen and oxygen atoms in total. The molecule has 6 heteroatoms. The van der Waals surface area contributed by atoms with Crippen LogP contribution in [0.4, 0.5) is 11.4 Å². The summed E-state index contributed by atoms with van der Waals surface area (Å²) in [4.78, 5) is 31.7. The van der Waals surface area contributed by atoms with Gasteiger partial charge in [-0.2, -0.15) is 0 Å². The summed E-state index contributed by atoms with van der Waals surface area (Å²) in [5, 5.41) is 0. The molecule has 0 radical (unpaired) electrons. The number of benzene rings is 2. The van der Waals surface area contributed by atoms with Crippen LogP contribution in [-0.4, -0.2) is 70.5 Å². The highest BCUT2D eigenvalue weighted by atomic mass is 16.2. The SMILES string of the molecule is CC(=O)c1ccc(N2CC[NH+](CC(=O)N(C)Cc3ccc(N(C)C)cc3)CC2)cc1. The van der Waals surface area contributed by atoms with E-state index in [0.29, 0.717) is 13.1 Å². The number of carbonyl (C=O) groups excluding carboxylic acids is 2. The number of Topliss-reactive ketones (excluding diaryl/α,β-unsaturated/α-hetero) is 1. The summed E-state index contributed by atoms with van der Waals surface area (Å²) < 4.78 is 0.